The maximum atomic E-state index is 12.2. The van der Waals surface area contributed by atoms with Crippen LogP contribution in [0.1, 0.15) is 11.3 Å². The van der Waals surface area contributed by atoms with Gasteiger partial charge in [-0.05, 0) is 18.2 Å². The van der Waals surface area contributed by atoms with Crippen LogP contribution in [0.15, 0.2) is 42.9 Å². The molecule has 0 aliphatic heterocycles. The van der Waals surface area contributed by atoms with Gasteiger partial charge in [0.25, 0.3) is 0 Å². The molecule has 0 spiro atoms. The predicted octanol–water partition coefficient (Wildman–Crippen LogP) is 2.39. The number of hydrogen-bond acceptors (Lipinski definition) is 3. The van der Waals surface area contributed by atoms with Gasteiger partial charge in [-0.2, -0.15) is 5.10 Å². The van der Waals surface area contributed by atoms with Crippen LogP contribution in [0.4, 0.5) is 0 Å². The molecule has 1 amide bonds. The van der Waals surface area contributed by atoms with Crippen LogP contribution in [0.5, 0.6) is 0 Å². The summed E-state index contributed by atoms with van der Waals surface area (Å²) in [7, 11) is 3.59. The number of imidazole rings is 1. The zero-order chi connectivity index (χ0) is 16.4. The molecule has 0 fully saturated rings. The van der Waals surface area contributed by atoms with Gasteiger partial charge in [-0.25, -0.2) is 4.98 Å². The second kappa shape index (κ2) is 6.26. The van der Waals surface area contributed by atoms with Crippen LogP contribution in [0, 0.1) is 0 Å². The molecular weight excluding hydrogens is 314 g/mol. The van der Waals surface area contributed by atoms with Gasteiger partial charge in [0.1, 0.15) is 5.65 Å². The average molecular weight is 330 g/mol. The highest BCUT2D eigenvalue weighted by atomic mass is 35.5. The van der Waals surface area contributed by atoms with Gasteiger partial charge in [0.05, 0.1) is 11.9 Å². The predicted molar refractivity (Wildman–Crippen MR) is 88.9 cm³/mol. The molecule has 0 N–H and O–H groups in total. The van der Waals surface area contributed by atoms with E-state index in [1.54, 1.807) is 28.9 Å². The Morgan fingerprint density at radius 3 is 3.00 bits per heavy atom. The van der Waals surface area contributed by atoms with Gasteiger partial charge in [0.15, 0.2) is 5.15 Å². The molecule has 0 atom stereocenters. The summed E-state index contributed by atoms with van der Waals surface area (Å²) in [5.41, 5.74) is 2.41. The Kier molecular flexibility index (Phi) is 4.16. The number of nitrogens with zero attached hydrogens (tertiary/aromatic N) is 5. The molecule has 118 valence electrons. The number of amides is 1. The molecule has 3 heterocycles. The van der Waals surface area contributed by atoms with E-state index in [1.807, 2.05) is 42.0 Å². The van der Waals surface area contributed by atoms with Crippen molar-refractivity contribution in [3.05, 3.63) is 59.3 Å². The quantitative estimate of drug-likeness (QED) is 0.691. The summed E-state index contributed by atoms with van der Waals surface area (Å²) in [6.45, 7) is 0.498. The molecule has 0 aliphatic rings. The molecule has 0 saturated carbocycles. The fourth-order valence-electron chi connectivity index (χ4n) is 2.32. The first-order chi connectivity index (χ1) is 11.0. The lowest BCUT2D eigenvalue weighted by Gasteiger charge is -2.13. The Morgan fingerprint density at radius 1 is 1.43 bits per heavy atom. The van der Waals surface area contributed by atoms with Crippen molar-refractivity contribution in [2.45, 2.75) is 6.54 Å². The average Bonchev–Trinajstić information content (AvgIpc) is 3.07. The van der Waals surface area contributed by atoms with Gasteiger partial charge in [0.2, 0.25) is 5.91 Å². The fourth-order valence-corrected chi connectivity index (χ4v) is 2.56. The molecule has 3 aromatic heterocycles. The first-order valence-corrected chi connectivity index (χ1v) is 7.45. The minimum atomic E-state index is -0.115. The number of aryl methyl sites for hydroxylation is 1. The minimum Gasteiger partial charge on any atom is -0.338 e. The maximum absolute atomic E-state index is 12.2. The fraction of sp³-hybridized carbons (Fsp3) is 0.188. The van der Waals surface area contributed by atoms with E-state index in [4.69, 9.17) is 11.6 Å². The second-order valence-corrected chi connectivity index (χ2v) is 5.62. The standard InChI is InChI=1S/C16H16ClN5O/c1-20(10-12-9-18-21(2)11-12)15(23)7-6-13-16(17)19-14-5-3-4-8-22(13)14/h3-9,11H,10H2,1-2H3/b7-6+. The number of hydrogen-bond donors (Lipinski definition) is 0. The molecular formula is C16H16ClN5O. The summed E-state index contributed by atoms with van der Waals surface area (Å²) in [5, 5.41) is 4.46. The molecule has 0 radical (unpaired) electrons. The second-order valence-electron chi connectivity index (χ2n) is 5.27. The van der Waals surface area contributed by atoms with Crippen LogP contribution in [0.2, 0.25) is 5.15 Å². The number of carbonyl (C=O) groups excluding carboxylic acids is 1. The van der Waals surface area contributed by atoms with Crippen molar-refractivity contribution < 1.29 is 4.79 Å². The highest BCUT2D eigenvalue weighted by Gasteiger charge is 2.10. The smallest absolute Gasteiger partial charge is 0.246 e. The molecule has 6 nitrogen and oxygen atoms in total. The third-order valence-corrected chi connectivity index (χ3v) is 3.74. The first kappa shape index (κ1) is 15.3. The van der Waals surface area contributed by atoms with Crippen LogP contribution in [-0.4, -0.2) is 37.0 Å². The summed E-state index contributed by atoms with van der Waals surface area (Å²) in [6, 6.07) is 5.64. The van der Waals surface area contributed by atoms with Gasteiger partial charge in [-0.1, -0.05) is 17.7 Å². The lowest BCUT2D eigenvalue weighted by atomic mass is 10.3. The van der Waals surface area contributed by atoms with E-state index in [0.717, 1.165) is 11.2 Å². The zero-order valence-electron chi connectivity index (χ0n) is 12.8. The third kappa shape index (κ3) is 3.27. The van der Waals surface area contributed by atoms with Crippen molar-refractivity contribution in [2.24, 2.45) is 7.05 Å². The van der Waals surface area contributed by atoms with E-state index in [1.165, 1.54) is 6.08 Å². The van der Waals surface area contributed by atoms with Crippen molar-refractivity contribution in [3.63, 3.8) is 0 Å². The Labute approximate surface area is 138 Å². The number of halogens is 1. The normalized spacial score (nSPS) is 11.4. The Balaban J connectivity index is 1.75. The molecule has 3 aromatic rings. The molecule has 23 heavy (non-hydrogen) atoms. The van der Waals surface area contributed by atoms with Crippen molar-refractivity contribution in [1.82, 2.24) is 24.1 Å². The van der Waals surface area contributed by atoms with Gasteiger partial charge in [0, 0.05) is 44.7 Å². The van der Waals surface area contributed by atoms with Gasteiger partial charge >= 0.3 is 0 Å². The van der Waals surface area contributed by atoms with E-state index < -0.39 is 0 Å². The van der Waals surface area contributed by atoms with E-state index in [0.29, 0.717) is 17.4 Å². The van der Waals surface area contributed by atoms with Gasteiger partial charge < -0.3 is 4.90 Å². The Morgan fingerprint density at radius 2 is 2.26 bits per heavy atom. The maximum Gasteiger partial charge on any atom is 0.246 e. The van der Waals surface area contributed by atoms with Gasteiger partial charge in [-0.3, -0.25) is 13.9 Å². The van der Waals surface area contributed by atoms with E-state index in [-0.39, 0.29) is 5.91 Å². The van der Waals surface area contributed by atoms with Crippen molar-refractivity contribution in [2.75, 3.05) is 7.05 Å². The van der Waals surface area contributed by atoms with Gasteiger partial charge in [-0.15, -0.1) is 0 Å². The van der Waals surface area contributed by atoms with Crippen LogP contribution < -0.4 is 0 Å². The number of carbonyl (C=O) groups is 1. The monoisotopic (exact) mass is 329 g/mol. The topological polar surface area (TPSA) is 55.4 Å². The number of fused-ring (bicyclic) bond motifs is 1. The molecule has 0 aromatic carbocycles. The SMILES string of the molecule is CN(Cc1cnn(C)c1)C(=O)/C=C/c1c(Cl)nc2ccccn12. The highest BCUT2D eigenvalue weighted by Crippen LogP contribution is 2.19. The number of pyridine rings is 1. The van der Waals surface area contributed by atoms with Crippen LogP contribution in [0.3, 0.4) is 0 Å². The van der Waals surface area contributed by atoms with Crippen LogP contribution in [0.25, 0.3) is 11.7 Å². The van der Waals surface area contributed by atoms with E-state index >= 15 is 0 Å². The Hall–Kier alpha value is -2.60. The molecule has 7 heteroatoms. The first-order valence-electron chi connectivity index (χ1n) is 7.08. The zero-order valence-corrected chi connectivity index (χ0v) is 13.6. The van der Waals surface area contributed by atoms with Crippen molar-refractivity contribution in [1.29, 1.82) is 0 Å². The van der Waals surface area contributed by atoms with Crippen LogP contribution >= 0.6 is 11.6 Å². The molecule has 3 rings (SSSR count). The summed E-state index contributed by atoms with van der Waals surface area (Å²) >= 11 is 6.14. The Bertz CT molecular complexity index is 880. The summed E-state index contributed by atoms with van der Waals surface area (Å²) in [6.07, 6.45) is 8.67. The molecule has 0 aliphatic carbocycles. The highest BCUT2D eigenvalue weighted by molar-refractivity contribution is 6.31. The van der Waals surface area contributed by atoms with Crippen molar-refractivity contribution in [3.8, 4) is 0 Å². The third-order valence-electron chi connectivity index (χ3n) is 3.46. The summed E-state index contributed by atoms with van der Waals surface area (Å²) in [4.78, 5) is 18.1. The van der Waals surface area contributed by atoms with E-state index in [9.17, 15) is 4.79 Å². The summed E-state index contributed by atoms with van der Waals surface area (Å²) in [5.74, 6) is -0.115. The lowest BCUT2D eigenvalue weighted by Crippen LogP contribution is -2.23. The minimum absolute atomic E-state index is 0.115. The molecule has 0 saturated heterocycles. The van der Waals surface area contributed by atoms with E-state index in [2.05, 4.69) is 10.1 Å². The summed E-state index contributed by atoms with van der Waals surface area (Å²) < 4.78 is 3.55. The largest absolute Gasteiger partial charge is 0.338 e. The number of aromatic nitrogens is 4. The number of rotatable bonds is 4. The molecule has 0 bridgehead atoms. The molecule has 0 unspecified atom stereocenters. The lowest BCUT2D eigenvalue weighted by molar-refractivity contribution is -0.125. The van der Waals surface area contributed by atoms with Crippen LogP contribution in [-0.2, 0) is 18.4 Å². The van der Waals surface area contributed by atoms with Crippen molar-refractivity contribution >= 4 is 29.2 Å². The number of likely N-dealkylation sites (N-methyl/N-ethyl adjacent to an activating group) is 1.